The van der Waals surface area contributed by atoms with Gasteiger partial charge in [-0.05, 0) is 16.0 Å². The Hall–Kier alpha value is -1.33. The molecule has 0 aromatic carbocycles. The molecule has 6 nitrogen and oxygen atoms in total. The molecule has 2 amide bonds. The number of nitrogens with zero attached hydrogens (tertiary/aromatic N) is 1. The summed E-state index contributed by atoms with van der Waals surface area (Å²) in [4.78, 5) is 37.7. The van der Waals surface area contributed by atoms with E-state index in [4.69, 9.17) is 6.42 Å². The summed E-state index contributed by atoms with van der Waals surface area (Å²) < 4.78 is 4.64. The van der Waals surface area contributed by atoms with Gasteiger partial charge in [-0.1, -0.05) is 15.9 Å². The summed E-state index contributed by atoms with van der Waals surface area (Å²) in [6, 6.07) is 0. The van der Waals surface area contributed by atoms with Gasteiger partial charge in [0, 0.05) is 18.6 Å². The lowest BCUT2D eigenvalue weighted by molar-refractivity contribution is -0.176. The van der Waals surface area contributed by atoms with E-state index in [2.05, 4.69) is 14.8 Å². The Kier molecular flexibility index (Phi) is 5.72. The number of terminal acetylenes is 1. The summed E-state index contributed by atoms with van der Waals surface area (Å²) in [5, 5.41) is 2.77. The third-order valence-electron chi connectivity index (χ3n) is 1.67. The molecular formula is C9H9NO5S2. The fourth-order valence-corrected chi connectivity index (χ4v) is 1.95. The third-order valence-corrected chi connectivity index (χ3v) is 3.35. The maximum Gasteiger partial charge on any atom is 0.533 e. The number of hydrogen-bond donors (Lipinski definition) is 0. The highest BCUT2D eigenvalue weighted by Gasteiger charge is 2.33. The van der Waals surface area contributed by atoms with Crippen LogP contribution in [0.2, 0.25) is 0 Å². The van der Waals surface area contributed by atoms with Crippen LogP contribution in [0.5, 0.6) is 0 Å². The number of amides is 2. The number of ether oxygens (including phenoxy) is 1. The fourth-order valence-electron chi connectivity index (χ4n) is 0.993. The molecule has 17 heavy (non-hydrogen) atoms. The highest BCUT2D eigenvalue weighted by Crippen LogP contribution is 2.18. The second-order valence-corrected chi connectivity index (χ2v) is 5.05. The van der Waals surface area contributed by atoms with Crippen LogP contribution in [-0.2, 0) is 19.2 Å². The lowest BCUT2D eigenvalue weighted by atomic mass is 10.4. The Morgan fingerprint density at radius 3 is 2.65 bits per heavy atom. The van der Waals surface area contributed by atoms with Crippen LogP contribution in [0.25, 0.3) is 0 Å². The minimum Gasteiger partial charge on any atom is -0.432 e. The van der Waals surface area contributed by atoms with Crippen LogP contribution in [0.4, 0.5) is 4.79 Å². The molecule has 0 aromatic rings. The van der Waals surface area contributed by atoms with Gasteiger partial charge in [0.05, 0.1) is 0 Å². The molecule has 1 rings (SSSR count). The standard InChI is InChI=1S/C9H9NO5S2/c1-2-16-17-6-5-14-9(13)15-10-7(11)3-4-8(10)12/h1H,3-6H2. The van der Waals surface area contributed by atoms with E-state index in [1.807, 2.05) is 0 Å². The molecule has 1 aliphatic rings. The lowest BCUT2D eigenvalue weighted by Gasteiger charge is -2.11. The van der Waals surface area contributed by atoms with Crippen LogP contribution in [0.1, 0.15) is 12.8 Å². The van der Waals surface area contributed by atoms with Crippen molar-refractivity contribution in [3.05, 3.63) is 0 Å². The van der Waals surface area contributed by atoms with Gasteiger partial charge in [-0.2, -0.15) is 0 Å². The average Bonchev–Trinajstić information content (AvgIpc) is 2.60. The molecule has 0 atom stereocenters. The van der Waals surface area contributed by atoms with Crippen LogP contribution in [0, 0.1) is 11.7 Å². The first-order valence-corrected chi connectivity index (χ1v) is 6.91. The number of imide groups is 1. The zero-order valence-corrected chi connectivity index (χ0v) is 10.3. The molecule has 0 bridgehead atoms. The van der Waals surface area contributed by atoms with Gasteiger partial charge in [0.25, 0.3) is 11.8 Å². The van der Waals surface area contributed by atoms with Crippen molar-refractivity contribution in [3.8, 4) is 11.7 Å². The molecule has 0 saturated carbocycles. The van der Waals surface area contributed by atoms with Crippen molar-refractivity contribution in [1.82, 2.24) is 5.06 Å². The first kappa shape index (κ1) is 13.7. The molecule has 0 aromatic heterocycles. The van der Waals surface area contributed by atoms with E-state index >= 15 is 0 Å². The number of carbonyl (C=O) groups excluding carboxylic acids is 3. The molecule has 0 unspecified atom stereocenters. The quantitative estimate of drug-likeness (QED) is 0.245. The van der Waals surface area contributed by atoms with E-state index in [0.717, 1.165) is 0 Å². The number of carbonyl (C=O) groups is 3. The molecule has 0 aliphatic carbocycles. The van der Waals surface area contributed by atoms with Crippen molar-refractivity contribution in [2.24, 2.45) is 0 Å². The van der Waals surface area contributed by atoms with Crippen LogP contribution in [0.15, 0.2) is 0 Å². The molecule has 0 radical (unpaired) electrons. The SMILES string of the molecule is C#CSSCCOC(=O)ON1C(=O)CCC1=O. The van der Waals surface area contributed by atoms with E-state index in [-0.39, 0.29) is 19.4 Å². The van der Waals surface area contributed by atoms with Crippen molar-refractivity contribution < 1.29 is 24.0 Å². The van der Waals surface area contributed by atoms with Crippen molar-refractivity contribution in [2.75, 3.05) is 12.4 Å². The third kappa shape index (κ3) is 4.58. The summed E-state index contributed by atoms with van der Waals surface area (Å²) in [6.45, 7) is 0.0917. The lowest BCUT2D eigenvalue weighted by Crippen LogP contribution is -2.32. The number of hydroxylamine groups is 2. The van der Waals surface area contributed by atoms with Crippen LogP contribution in [-0.4, -0.2) is 35.4 Å². The fraction of sp³-hybridized carbons (Fsp3) is 0.444. The molecule has 1 aliphatic heterocycles. The number of rotatable bonds is 5. The van der Waals surface area contributed by atoms with Gasteiger partial charge in [-0.15, -0.1) is 6.42 Å². The summed E-state index contributed by atoms with van der Waals surface area (Å²) in [6.07, 6.45) is 4.03. The Morgan fingerprint density at radius 1 is 1.41 bits per heavy atom. The van der Waals surface area contributed by atoms with Gasteiger partial charge in [-0.25, -0.2) is 4.79 Å². The van der Waals surface area contributed by atoms with Crippen molar-refractivity contribution in [1.29, 1.82) is 0 Å². The van der Waals surface area contributed by atoms with E-state index in [1.54, 1.807) is 0 Å². The molecule has 8 heteroatoms. The van der Waals surface area contributed by atoms with Crippen LogP contribution < -0.4 is 0 Å². The molecule has 1 heterocycles. The molecule has 92 valence electrons. The van der Waals surface area contributed by atoms with Crippen LogP contribution >= 0.6 is 21.6 Å². The molecule has 1 fully saturated rings. The first-order valence-electron chi connectivity index (χ1n) is 4.59. The normalized spacial score (nSPS) is 14.6. The smallest absolute Gasteiger partial charge is 0.432 e. The molecule has 0 spiro atoms. The average molecular weight is 275 g/mol. The van der Waals surface area contributed by atoms with Crippen molar-refractivity contribution in [3.63, 3.8) is 0 Å². The predicted octanol–water partition coefficient (Wildman–Crippen LogP) is 1.18. The minimum atomic E-state index is -1.07. The maximum absolute atomic E-state index is 11.1. The Bertz CT molecular complexity index is 349. The Labute approximate surface area is 106 Å². The molecule has 1 saturated heterocycles. The largest absolute Gasteiger partial charge is 0.533 e. The van der Waals surface area contributed by atoms with Gasteiger partial charge < -0.3 is 4.74 Å². The van der Waals surface area contributed by atoms with Crippen molar-refractivity contribution >= 4 is 39.6 Å². The van der Waals surface area contributed by atoms with Crippen molar-refractivity contribution in [2.45, 2.75) is 12.8 Å². The Balaban J connectivity index is 2.19. The second kappa shape index (κ2) is 7.09. The Morgan fingerprint density at radius 2 is 2.06 bits per heavy atom. The van der Waals surface area contributed by atoms with E-state index in [9.17, 15) is 14.4 Å². The monoisotopic (exact) mass is 275 g/mol. The zero-order valence-electron chi connectivity index (χ0n) is 8.71. The van der Waals surface area contributed by atoms with Gasteiger partial charge in [0.15, 0.2) is 0 Å². The summed E-state index contributed by atoms with van der Waals surface area (Å²) in [7, 11) is 2.53. The minimum absolute atomic E-state index is 0.0563. The summed E-state index contributed by atoms with van der Waals surface area (Å²) in [5.41, 5.74) is 0. The van der Waals surface area contributed by atoms with Gasteiger partial charge in [0.1, 0.15) is 6.61 Å². The topological polar surface area (TPSA) is 72.9 Å². The zero-order chi connectivity index (χ0) is 12.7. The van der Waals surface area contributed by atoms with E-state index in [0.29, 0.717) is 10.8 Å². The highest BCUT2D eigenvalue weighted by atomic mass is 33.1. The maximum atomic E-state index is 11.1. The predicted molar refractivity (Wildman–Crippen MR) is 62.4 cm³/mol. The van der Waals surface area contributed by atoms with E-state index in [1.165, 1.54) is 21.6 Å². The summed E-state index contributed by atoms with van der Waals surface area (Å²) in [5.74, 6) is -0.584. The van der Waals surface area contributed by atoms with Gasteiger partial charge in [0.2, 0.25) is 0 Å². The van der Waals surface area contributed by atoms with Gasteiger partial charge in [-0.3, -0.25) is 14.4 Å². The summed E-state index contributed by atoms with van der Waals surface area (Å²) >= 11 is 0. The second-order valence-electron chi connectivity index (χ2n) is 2.79. The highest BCUT2D eigenvalue weighted by molar-refractivity contribution is 8.78. The van der Waals surface area contributed by atoms with Gasteiger partial charge >= 0.3 is 6.16 Å². The van der Waals surface area contributed by atoms with E-state index < -0.39 is 18.0 Å². The molecule has 0 N–H and O–H groups in total. The number of hydrogen-bond acceptors (Lipinski definition) is 7. The first-order chi connectivity index (χ1) is 8.15. The molecular weight excluding hydrogens is 266 g/mol. The van der Waals surface area contributed by atoms with Crippen LogP contribution in [0.3, 0.4) is 0 Å².